The fraction of sp³-hybridized carbons (Fsp3) is 0.588. The second kappa shape index (κ2) is 13.3. The number of aliphatic imine (C=N–C) groups is 1. The zero-order valence-electron chi connectivity index (χ0n) is 15.7. The van der Waals surface area contributed by atoms with E-state index in [4.69, 9.17) is 0 Å². The number of nitrogens with one attached hydrogen (secondary N) is 2. The molecule has 0 radical (unpaired) electrons. The second-order valence-electron chi connectivity index (χ2n) is 5.64. The van der Waals surface area contributed by atoms with Gasteiger partial charge in [0.2, 0.25) is 10.0 Å². The lowest BCUT2D eigenvalue weighted by atomic mass is 10.1. The summed E-state index contributed by atoms with van der Waals surface area (Å²) >= 11 is 0. The average Bonchev–Trinajstić information content (AvgIpc) is 2.55. The molecule has 1 rings (SSSR count). The predicted molar refractivity (Wildman–Crippen MR) is 116 cm³/mol. The Kier molecular flexibility index (Phi) is 12.8. The monoisotopic (exact) mass is 500 g/mol. The van der Waals surface area contributed by atoms with E-state index in [-0.39, 0.29) is 29.8 Å². The Morgan fingerprint density at radius 2 is 1.92 bits per heavy atom. The summed E-state index contributed by atoms with van der Waals surface area (Å²) in [7, 11) is -3.16. The molecule has 0 bridgehead atoms. The Hall–Kier alpha value is -0.940. The first-order valence-corrected chi connectivity index (χ1v) is 10.4. The first-order chi connectivity index (χ1) is 11.9. The van der Waals surface area contributed by atoms with E-state index in [1.165, 1.54) is 16.6 Å². The highest BCUT2D eigenvalue weighted by molar-refractivity contribution is 14.0. The number of nitrogens with zero attached hydrogens (tertiary/aromatic N) is 2. The Bertz CT molecular complexity index is 656. The minimum absolute atomic E-state index is 0. The maximum absolute atomic E-state index is 13.6. The maximum atomic E-state index is 13.6. The molecule has 6 nitrogen and oxygen atoms in total. The maximum Gasteiger partial charge on any atom is 0.211 e. The molecular weight excluding hydrogens is 470 g/mol. The fourth-order valence-electron chi connectivity index (χ4n) is 2.35. The highest BCUT2D eigenvalue weighted by Crippen LogP contribution is 2.06. The number of guanidine groups is 1. The van der Waals surface area contributed by atoms with Crippen molar-refractivity contribution in [2.45, 2.75) is 26.7 Å². The van der Waals surface area contributed by atoms with Crippen molar-refractivity contribution in [1.29, 1.82) is 0 Å². The molecule has 0 heterocycles. The molecule has 0 spiro atoms. The van der Waals surface area contributed by atoms with Crippen LogP contribution in [0.4, 0.5) is 4.39 Å². The van der Waals surface area contributed by atoms with Crippen molar-refractivity contribution in [2.24, 2.45) is 4.99 Å². The molecule has 0 atom stereocenters. The molecule has 150 valence electrons. The van der Waals surface area contributed by atoms with Crippen molar-refractivity contribution in [2.75, 3.05) is 39.0 Å². The third-order valence-electron chi connectivity index (χ3n) is 3.65. The van der Waals surface area contributed by atoms with E-state index < -0.39 is 10.0 Å². The van der Waals surface area contributed by atoms with Crippen LogP contribution in [0.15, 0.2) is 29.3 Å². The molecule has 0 aliphatic carbocycles. The molecular formula is C17H30FIN4O2S. The van der Waals surface area contributed by atoms with Crippen LogP contribution in [0.3, 0.4) is 0 Å². The lowest BCUT2D eigenvalue weighted by Gasteiger charge is -2.17. The van der Waals surface area contributed by atoms with Crippen molar-refractivity contribution < 1.29 is 12.8 Å². The molecule has 2 N–H and O–H groups in total. The molecule has 0 amide bonds. The lowest BCUT2D eigenvalue weighted by Crippen LogP contribution is -2.38. The molecule has 0 saturated heterocycles. The average molecular weight is 500 g/mol. The summed E-state index contributed by atoms with van der Waals surface area (Å²) in [4.78, 5) is 4.43. The quantitative estimate of drug-likeness (QED) is 0.224. The van der Waals surface area contributed by atoms with Crippen LogP contribution >= 0.6 is 24.0 Å². The summed E-state index contributed by atoms with van der Waals surface area (Å²) in [5.74, 6) is 0.452. The van der Waals surface area contributed by atoms with E-state index in [0.717, 1.165) is 6.54 Å². The first kappa shape index (κ1) is 25.1. The topological polar surface area (TPSA) is 73.8 Å². The molecule has 26 heavy (non-hydrogen) atoms. The minimum Gasteiger partial charge on any atom is -0.357 e. The molecule has 0 saturated carbocycles. The zero-order chi connectivity index (χ0) is 18.7. The molecule has 0 fully saturated rings. The van der Waals surface area contributed by atoms with Crippen LogP contribution in [0.25, 0.3) is 0 Å². The molecule has 0 aliphatic rings. The second-order valence-corrected chi connectivity index (χ2v) is 7.62. The Labute approximate surface area is 173 Å². The standard InChI is InChI=1S/C17H29FN4O2S.HI/c1-4-19-17(20-12-8-14-22(5-2)25(3,23)24)21-13-11-15-9-6-7-10-16(15)18;/h6-7,9-10H,4-5,8,11-14H2,1-3H3,(H2,19,20,21);1H. The van der Waals surface area contributed by atoms with Crippen molar-refractivity contribution in [3.63, 3.8) is 0 Å². The van der Waals surface area contributed by atoms with Gasteiger partial charge in [-0.15, -0.1) is 24.0 Å². The first-order valence-electron chi connectivity index (χ1n) is 8.59. The van der Waals surface area contributed by atoms with Crippen molar-refractivity contribution in [3.05, 3.63) is 35.6 Å². The van der Waals surface area contributed by atoms with Crippen molar-refractivity contribution >= 4 is 40.0 Å². The number of hydrogen-bond acceptors (Lipinski definition) is 3. The Balaban J connectivity index is 0.00000625. The van der Waals surface area contributed by atoms with Gasteiger partial charge in [-0.3, -0.25) is 4.99 Å². The van der Waals surface area contributed by atoms with Crippen LogP contribution in [0, 0.1) is 5.82 Å². The summed E-state index contributed by atoms with van der Waals surface area (Å²) in [5, 5.41) is 6.30. The van der Waals surface area contributed by atoms with Gasteiger partial charge in [-0.25, -0.2) is 17.1 Å². The van der Waals surface area contributed by atoms with Crippen LogP contribution in [0.1, 0.15) is 25.8 Å². The molecule has 0 aliphatic heterocycles. The van der Waals surface area contributed by atoms with Crippen molar-refractivity contribution in [1.82, 2.24) is 14.9 Å². The SMILES string of the molecule is CCNC(=NCCCN(CC)S(C)(=O)=O)NCCc1ccccc1F.I. The number of rotatable bonds is 10. The van der Waals surface area contributed by atoms with Crippen LogP contribution in [0.2, 0.25) is 0 Å². The highest BCUT2D eigenvalue weighted by atomic mass is 127. The van der Waals surface area contributed by atoms with Crippen molar-refractivity contribution in [3.8, 4) is 0 Å². The van der Waals surface area contributed by atoms with Gasteiger partial charge in [0, 0.05) is 32.7 Å². The van der Waals surface area contributed by atoms with Gasteiger partial charge < -0.3 is 10.6 Å². The summed E-state index contributed by atoms with van der Waals surface area (Å²) in [6, 6.07) is 6.72. The normalized spacial score (nSPS) is 12.0. The fourth-order valence-corrected chi connectivity index (χ4v) is 3.28. The molecule has 1 aromatic carbocycles. The largest absolute Gasteiger partial charge is 0.357 e. The van der Waals surface area contributed by atoms with Gasteiger partial charge in [-0.2, -0.15) is 0 Å². The third kappa shape index (κ3) is 9.67. The van der Waals surface area contributed by atoms with Crippen LogP contribution in [-0.2, 0) is 16.4 Å². The van der Waals surface area contributed by atoms with Gasteiger partial charge in [0.15, 0.2) is 5.96 Å². The van der Waals surface area contributed by atoms with Crippen LogP contribution in [0.5, 0.6) is 0 Å². The summed E-state index contributed by atoms with van der Waals surface area (Å²) < 4.78 is 38.1. The Morgan fingerprint density at radius 3 is 2.50 bits per heavy atom. The third-order valence-corrected chi connectivity index (χ3v) is 5.02. The zero-order valence-corrected chi connectivity index (χ0v) is 18.8. The van der Waals surface area contributed by atoms with Gasteiger partial charge in [-0.1, -0.05) is 25.1 Å². The Morgan fingerprint density at radius 1 is 1.23 bits per heavy atom. The highest BCUT2D eigenvalue weighted by Gasteiger charge is 2.13. The van der Waals surface area contributed by atoms with Gasteiger partial charge >= 0.3 is 0 Å². The van der Waals surface area contributed by atoms with Gasteiger partial charge in [0.1, 0.15) is 5.82 Å². The smallest absolute Gasteiger partial charge is 0.211 e. The molecule has 0 unspecified atom stereocenters. The minimum atomic E-state index is -3.16. The number of halogens is 2. The van der Waals surface area contributed by atoms with Gasteiger partial charge in [0.05, 0.1) is 6.26 Å². The molecule has 0 aromatic heterocycles. The van der Waals surface area contributed by atoms with Gasteiger partial charge in [-0.05, 0) is 31.4 Å². The molecule has 9 heteroatoms. The van der Waals surface area contributed by atoms with E-state index in [0.29, 0.717) is 50.5 Å². The van der Waals surface area contributed by atoms with E-state index in [1.807, 2.05) is 19.9 Å². The summed E-state index contributed by atoms with van der Waals surface area (Å²) in [5.41, 5.74) is 0.664. The number of sulfonamides is 1. The van der Waals surface area contributed by atoms with E-state index >= 15 is 0 Å². The van der Waals surface area contributed by atoms with Crippen LogP contribution < -0.4 is 10.6 Å². The molecule has 1 aromatic rings. The van der Waals surface area contributed by atoms with Gasteiger partial charge in [0.25, 0.3) is 0 Å². The van der Waals surface area contributed by atoms with Crippen LogP contribution in [-0.4, -0.2) is 57.7 Å². The summed E-state index contributed by atoms with van der Waals surface area (Å²) in [6.07, 6.45) is 2.42. The number of hydrogen-bond donors (Lipinski definition) is 2. The van der Waals surface area contributed by atoms with E-state index in [1.54, 1.807) is 12.1 Å². The number of benzene rings is 1. The van der Waals surface area contributed by atoms with E-state index in [9.17, 15) is 12.8 Å². The predicted octanol–water partition coefficient (Wildman–Crippen LogP) is 2.21. The lowest BCUT2D eigenvalue weighted by molar-refractivity contribution is 0.427. The van der Waals surface area contributed by atoms with E-state index in [2.05, 4.69) is 15.6 Å². The summed E-state index contributed by atoms with van der Waals surface area (Å²) in [6.45, 7) is 6.50.